The molecule has 1 N–H and O–H groups in total. The quantitative estimate of drug-likeness (QED) is 0.695. The highest BCUT2D eigenvalue weighted by Gasteiger charge is 2.37. The first-order chi connectivity index (χ1) is 7.65. The normalized spacial score (nSPS) is 38.9. The summed E-state index contributed by atoms with van der Waals surface area (Å²) in [7, 11) is -3.00. The number of nitrogens with one attached hydrogen (secondary N) is 1. The van der Waals surface area contributed by atoms with Crippen LogP contribution in [-0.4, -0.2) is 68.8 Å². The van der Waals surface area contributed by atoms with Crippen molar-refractivity contribution in [2.75, 3.05) is 39.3 Å². The first-order valence-corrected chi connectivity index (χ1v) is 7.65. The molecule has 3 heterocycles. The van der Waals surface area contributed by atoms with E-state index in [1.165, 1.54) is 0 Å². The van der Waals surface area contributed by atoms with Gasteiger partial charge in [0.05, 0.1) is 5.25 Å². The van der Waals surface area contributed by atoms with Crippen molar-refractivity contribution in [3.05, 3.63) is 0 Å². The summed E-state index contributed by atoms with van der Waals surface area (Å²) < 4.78 is 26.2. The van der Waals surface area contributed by atoms with Gasteiger partial charge in [-0.15, -0.1) is 0 Å². The average molecular weight is 245 g/mol. The zero-order valence-electron chi connectivity index (χ0n) is 9.43. The Morgan fingerprint density at radius 1 is 1.12 bits per heavy atom. The lowest BCUT2D eigenvalue weighted by atomic mass is 10.1. The van der Waals surface area contributed by atoms with E-state index in [4.69, 9.17) is 0 Å². The fraction of sp³-hybridized carbons (Fsp3) is 1.00. The molecule has 1 unspecified atom stereocenters. The van der Waals surface area contributed by atoms with Crippen LogP contribution in [0.2, 0.25) is 0 Å². The molecule has 0 aromatic heterocycles. The van der Waals surface area contributed by atoms with Crippen molar-refractivity contribution < 1.29 is 8.42 Å². The third-order valence-corrected chi connectivity index (χ3v) is 5.79. The summed E-state index contributed by atoms with van der Waals surface area (Å²) in [6, 6.07) is 0.385. The second kappa shape index (κ2) is 3.94. The van der Waals surface area contributed by atoms with Crippen LogP contribution in [0, 0.1) is 0 Å². The second-order valence-corrected chi connectivity index (χ2v) is 7.13. The van der Waals surface area contributed by atoms with Crippen LogP contribution in [0.15, 0.2) is 0 Å². The molecule has 16 heavy (non-hydrogen) atoms. The maximum Gasteiger partial charge on any atom is 0.214 e. The van der Waals surface area contributed by atoms with E-state index in [9.17, 15) is 8.42 Å². The van der Waals surface area contributed by atoms with Crippen molar-refractivity contribution >= 4 is 10.0 Å². The number of fused-ring (bicyclic) bond motifs is 3. The predicted octanol–water partition coefficient (Wildman–Crippen LogP) is -0.932. The van der Waals surface area contributed by atoms with Crippen LogP contribution in [0.3, 0.4) is 0 Å². The van der Waals surface area contributed by atoms with Crippen molar-refractivity contribution in [1.29, 1.82) is 0 Å². The monoisotopic (exact) mass is 245 g/mol. The predicted molar refractivity (Wildman–Crippen MR) is 61.7 cm³/mol. The molecule has 0 spiro atoms. The molecule has 0 amide bonds. The smallest absolute Gasteiger partial charge is 0.214 e. The van der Waals surface area contributed by atoms with E-state index < -0.39 is 10.0 Å². The number of hydrogen-bond donors (Lipinski definition) is 1. The van der Waals surface area contributed by atoms with E-state index in [0.29, 0.717) is 12.6 Å². The first-order valence-electron chi connectivity index (χ1n) is 6.10. The van der Waals surface area contributed by atoms with Crippen LogP contribution in [0.1, 0.15) is 12.8 Å². The number of nitrogens with zero attached hydrogens (tertiary/aromatic N) is 2. The highest BCUT2D eigenvalue weighted by atomic mass is 32.2. The summed E-state index contributed by atoms with van der Waals surface area (Å²) in [5.74, 6) is 0. The largest absolute Gasteiger partial charge is 0.299 e. The molecule has 6 heteroatoms. The molecule has 92 valence electrons. The van der Waals surface area contributed by atoms with Gasteiger partial charge in [0.2, 0.25) is 10.0 Å². The van der Waals surface area contributed by atoms with E-state index in [0.717, 1.165) is 45.6 Å². The van der Waals surface area contributed by atoms with Crippen LogP contribution in [0.25, 0.3) is 0 Å². The summed E-state index contributed by atoms with van der Waals surface area (Å²) in [5, 5.41) is -0.0939. The van der Waals surface area contributed by atoms with Crippen molar-refractivity contribution in [2.45, 2.75) is 24.1 Å². The SMILES string of the molecule is O=S(=O)(NCC1CN2CCN1CC2)C1CC1. The minimum atomic E-state index is -3.00. The maximum atomic E-state index is 11.7. The lowest BCUT2D eigenvalue weighted by molar-refractivity contribution is 0.0158. The van der Waals surface area contributed by atoms with Gasteiger partial charge in [-0.25, -0.2) is 13.1 Å². The highest BCUT2D eigenvalue weighted by molar-refractivity contribution is 7.90. The lowest BCUT2D eigenvalue weighted by Crippen LogP contribution is -2.63. The molecular formula is C10H19N3O2S. The van der Waals surface area contributed by atoms with E-state index in [-0.39, 0.29) is 5.25 Å². The minimum absolute atomic E-state index is 0.0939. The molecule has 0 aromatic carbocycles. The maximum absolute atomic E-state index is 11.7. The Morgan fingerprint density at radius 3 is 2.31 bits per heavy atom. The molecule has 1 atom stereocenters. The van der Waals surface area contributed by atoms with E-state index in [1.807, 2.05) is 0 Å². The first kappa shape index (κ1) is 11.0. The molecule has 5 nitrogen and oxygen atoms in total. The van der Waals surface area contributed by atoms with Crippen LogP contribution >= 0.6 is 0 Å². The minimum Gasteiger partial charge on any atom is -0.299 e. The van der Waals surface area contributed by atoms with Crippen molar-refractivity contribution in [3.63, 3.8) is 0 Å². The van der Waals surface area contributed by atoms with E-state index in [1.54, 1.807) is 0 Å². The van der Waals surface area contributed by atoms with Gasteiger partial charge in [0.1, 0.15) is 0 Å². The molecule has 3 aliphatic heterocycles. The Hall–Kier alpha value is -0.170. The number of rotatable bonds is 4. The molecule has 3 saturated heterocycles. The second-order valence-electron chi connectivity index (χ2n) is 5.08. The van der Waals surface area contributed by atoms with Gasteiger partial charge in [-0.2, -0.15) is 0 Å². The topological polar surface area (TPSA) is 52.7 Å². The van der Waals surface area contributed by atoms with Crippen molar-refractivity contribution in [2.24, 2.45) is 0 Å². The van der Waals surface area contributed by atoms with E-state index in [2.05, 4.69) is 14.5 Å². The van der Waals surface area contributed by atoms with Gasteiger partial charge >= 0.3 is 0 Å². The molecular weight excluding hydrogens is 226 g/mol. The van der Waals surface area contributed by atoms with Crippen LogP contribution < -0.4 is 4.72 Å². The Morgan fingerprint density at radius 2 is 1.81 bits per heavy atom. The molecule has 1 saturated carbocycles. The summed E-state index contributed by atoms with van der Waals surface area (Å²) in [6.45, 7) is 6.09. The molecule has 4 aliphatic rings. The third-order valence-electron chi connectivity index (χ3n) is 3.88. The van der Waals surface area contributed by atoms with Crippen LogP contribution in [0.5, 0.6) is 0 Å². The summed E-state index contributed by atoms with van der Waals surface area (Å²) >= 11 is 0. The average Bonchev–Trinajstić information content (AvgIpc) is 3.12. The standard InChI is InChI=1S/C10H19N3O2S/c14-16(15,10-1-2-10)11-7-9-8-12-3-5-13(9)6-4-12/h9-11H,1-8H2. The van der Waals surface area contributed by atoms with Crippen LogP contribution in [-0.2, 0) is 10.0 Å². The van der Waals surface area contributed by atoms with Gasteiger partial charge in [-0.05, 0) is 12.8 Å². The molecule has 4 fully saturated rings. The fourth-order valence-electron chi connectivity index (χ4n) is 2.63. The van der Waals surface area contributed by atoms with Gasteiger partial charge in [0.25, 0.3) is 0 Å². The highest BCUT2D eigenvalue weighted by Crippen LogP contribution is 2.27. The summed E-state index contributed by atoms with van der Waals surface area (Å²) in [5.41, 5.74) is 0. The Balaban J connectivity index is 1.55. The summed E-state index contributed by atoms with van der Waals surface area (Å²) in [4.78, 5) is 4.84. The molecule has 1 aliphatic carbocycles. The van der Waals surface area contributed by atoms with Gasteiger partial charge in [0.15, 0.2) is 0 Å². The van der Waals surface area contributed by atoms with Crippen molar-refractivity contribution in [1.82, 2.24) is 14.5 Å². The third kappa shape index (κ3) is 2.11. The van der Waals surface area contributed by atoms with Gasteiger partial charge in [-0.3, -0.25) is 9.80 Å². The molecule has 4 rings (SSSR count). The molecule has 0 aromatic rings. The molecule has 0 radical (unpaired) electrons. The van der Waals surface area contributed by atoms with Gasteiger partial charge in [-0.1, -0.05) is 0 Å². The number of piperazine rings is 3. The Labute approximate surface area is 96.8 Å². The Kier molecular flexibility index (Phi) is 2.70. The van der Waals surface area contributed by atoms with E-state index >= 15 is 0 Å². The summed E-state index contributed by atoms with van der Waals surface area (Å²) in [6.07, 6.45) is 1.69. The molecule has 2 bridgehead atoms. The van der Waals surface area contributed by atoms with Crippen molar-refractivity contribution in [3.8, 4) is 0 Å². The lowest BCUT2D eigenvalue weighted by Gasteiger charge is -2.47. The number of sulfonamides is 1. The zero-order valence-corrected chi connectivity index (χ0v) is 10.2. The number of hydrogen-bond acceptors (Lipinski definition) is 4. The van der Waals surface area contributed by atoms with Gasteiger partial charge in [0, 0.05) is 45.3 Å². The fourth-order valence-corrected chi connectivity index (χ4v) is 4.04. The zero-order chi connectivity index (χ0) is 11.2. The Bertz CT molecular complexity index is 358. The van der Waals surface area contributed by atoms with Crippen LogP contribution in [0.4, 0.5) is 0 Å². The van der Waals surface area contributed by atoms with Gasteiger partial charge < -0.3 is 0 Å².